The SMILES string of the molecule is CCNCC(C=N)C(O)/C(=C/C(=N)F)Nc1ccc(F)cc1C1OCCO1. The Morgan fingerprint density at radius 2 is 2.11 bits per heavy atom. The van der Waals surface area contributed by atoms with Crippen LogP contribution in [0.4, 0.5) is 14.5 Å². The molecule has 0 amide bonds. The first-order chi connectivity index (χ1) is 13.0. The van der Waals surface area contributed by atoms with Crippen LogP contribution in [-0.2, 0) is 9.47 Å². The molecule has 0 bridgehead atoms. The molecule has 0 spiro atoms. The van der Waals surface area contributed by atoms with Crippen molar-refractivity contribution in [2.75, 3.05) is 31.6 Å². The summed E-state index contributed by atoms with van der Waals surface area (Å²) in [4.78, 5) is 0. The average molecular weight is 382 g/mol. The Morgan fingerprint density at radius 1 is 1.41 bits per heavy atom. The van der Waals surface area contributed by atoms with Gasteiger partial charge >= 0.3 is 0 Å². The van der Waals surface area contributed by atoms with Crippen LogP contribution in [0.15, 0.2) is 30.0 Å². The van der Waals surface area contributed by atoms with E-state index in [0.717, 1.165) is 12.3 Å². The zero-order valence-corrected chi connectivity index (χ0v) is 15.0. The van der Waals surface area contributed by atoms with E-state index < -0.39 is 30.1 Å². The van der Waals surface area contributed by atoms with Gasteiger partial charge in [0, 0.05) is 41.7 Å². The summed E-state index contributed by atoms with van der Waals surface area (Å²) in [6.07, 6.45) is -0.177. The third-order valence-corrected chi connectivity index (χ3v) is 4.02. The summed E-state index contributed by atoms with van der Waals surface area (Å²) >= 11 is 0. The highest BCUT2D eigenvalue weighted by molar-refractivity contribution is 5.85. The van der Waals surface area contributed by atoms with Gasteiger partial charge in [-0.3, -0.25) is 5.41 Å². The van der Waals surface area contributed by atoms with Crippen LogP contribution in [0.5, 0.6) is 0 Å². The van der Waals surface area contributed by atoms with Crippen LogP contribution in [0.25, 0.3) is 0 Å². The van der Waals surface area contributed by atoms with Crippen LogP contribution in [0.1, 0.15) is 18.8 Å². The number of allylic oxidation sites excluding steroid dienone is 1. The van der Waals surface area contributed by atoms with Gasteiger partial charge in [-0.05, 0) is 24.7 Å². The number of benzene rings is 1. The number of anilines is 1. The molecule has 0 aromatic heterocycles. The van der Waals surface area contributed by atoms with Gasteiger partial charge in [0.15, 0.2) is 6.29 Å². The first-order valence-electron chi connectivity index (χ1n) is 8.61. The van der Waals surface area contributed by atoms with E-state index in [1.165, 1.54) is 18.2 Å². The minimum atomic E-state index is -1.28. The predicted molar refractivity (Wildman–Crippen MR) is 98.4 cm³/mol. The number of hydrogen-bond acceptors (Lipinski definition) is 7. The summed E-state index contributed by atoms with van der Waals surface area (Å²) in [6, 6.07) is 3.86. The van der Waals surface area contributed by atoms with Gasteiger partial charge in [0.05, 0.1) is 13.2 Å². The lowest BCUT2D eigenvalue weighted by Crippen LogP contribution is -2.35. The molecule has 1 heterocycles. The van der Waals surface area contributed by atoms with E-state index in [1.54, 1.807) is 0 Å². The fourth-order valence-electron chi connectivity index (χ4n) is 2.67. The minimum absolute atomic E-state index is 0.0280. The van der Waals surface area contributed by atoms with Crippen LogP contribution in [0, 0.1) is 22.6 Å². The number of hydrogen-bond donors (Lipinski definition) is 5. The molecule has 9 heteroatoms. The quantitative estimate of drug-likeness (QED) is 0.399. The lowest BCUT2D eigenvalue weighted by atomic mass is 9.99. The number of rotatable bonds is 10. The molecule has 148 valence electrons. The highest BCUT2D eigenvalue weighted by atomic mass is 19.1. The van der Waals surface area contributed by atoms with Crippen molar-refractivity contribution >= 4 is 17.9 Å². The number of aliphatic hydroxyl groups is 1. The summed E-state index contributed by atoms with van der Waals surface area (Å²) in [5.74, 6) is -2.41. The summed E-state index contributed by atoms with van der Waals surface area (Å²) in [6.45, 7) is 3.54. The van der Waals surface area contributed by atoms with Crippen molar-refractivity contribution in [1.29, 1.82) is 10.8 Å². The van der Waals surface area contributed by atoms with Crippen LogP contribution in [0.2, 0.25) is 0 Å². The molecule has 0 aliphatic carbocycles. The standard InChI is InChI=1S/C18H24F2N4O3/c1-2-23-10-11(9-21)17(25)15(8-16(20)22)24-14-4-3-12(19)7-13(14)18-26-5-6-27-18/h3-4,7-9,11,17-18,21-25H,2,5-6,10H2,1H3/b15-8-,21-9?,22-16?. The zero-order valence-electron chi connectivity index (χ0n) is 15.0. The average Bonchev–Trinajstić information content (AvgIpc) is 3.17. The topological polar surface area (TPSA) is 110 Å². The Bertz CT molecular complexity index is 693. The molecule has 1 aromatic rings. The molecule has 27 heavy (non-hydrogen) atoms. The van der Waals surface area contributed by atoms with Crippen molar-refractivity contribution in [3.8, 4) is 0 Å². The summed E-state index contributed by atoms with van der Waals surface area (Å²) in [7, 11) is 0. The smallest absolute Gasteiger partial charge is 0.207 e. The second kappa shape index (κ2) is 10.2. The molecule has 5 N–H and O–H groups in total. The van der Waals surface area contributed by atoms with Crippen molar-refractivity contribution < 1.29 is 23.4 Å². The van der Waals surface area contributed by atoms with E-state index in [1.807, 2.05) is 6.92 Å². The minimum Gasteiger partial charge on any atom is -0.386 e. The fraction of sp³-hybridized carbons (Fsp3) is 0.444. The zero-order chi connectivity index (χ0) is 19.8. The molecular weight excluding hydrogens is 358 g/mol. The summed E-state index contributed by atoms with van der Waals surface area (Å²) in [5.41, 5.74) is 0.677. The Hall–Kier alpha value is -2.20. The van der Waals surface area contributed by atoms with E-state index in [4.69, 9.17) is 20.3 Å². The highest BCUT2D eigenvalue weighted by Gasteiger charge is 2.26. The van der Waals surface area contributed by atoms with Crippen molar-refractivity contribution in [2.24, 2.45) is 5.92 Å². The van der Waals surface area contributed by atoms with Gasteiger partial charge in [-0.25, -0.2) is 4.39 Å². The predicted octanol–water partition coefficient (Wildman–Crippen LogP) is 2.35. The maximum absolute atomic E-state index is 13.7. The molecule has 0 saturated carbocycles. The van der Waals surface area contributed by atoms with Gasteiger partial charge in [0.2, 0.25) is 5.97 Å². The number of halogens is 2. The van der Waals surface area contributed by atoms with Crippen LogP contribution >= 0.6 is 0 Å². The van der Waals surface area contributed by atoms with Crippen LogP contribution in [-0.4, -0.2) is 49.7 Å². The lowest BCUT2D eigenvalue weighted by Gasteiger charge is -2.25. The van der Waals surface area contributed by atoms with Gasteiger partial charge in [-0.15, -0.1) is 0 Å². The molecule has 1 aliphatic rings. The van der Waals surface area contributed by atoms with Gasteiger partial charge in [0.1, 0.15) is 11.9 Å². The maximum atomic E-state index is 13.7. The van der Waals surface area contributed by atoms with Gasteiger partial charge < -0.3 is 30.6 Å². The number of ether oxygens (including phenoxy) is 2. The van der Waals surface area contributed by atoms with E-state index in [0.29, 0.717) is 37.6 Å². The molecule has 2 unspecified atom stereocenters. The van der Waals surface area contributed by atoms with Crippen LogP contribution in [0.3, 0.4) is 0 Å². The lowest BCUT2D eigenvalue weighted by molar-refractivity contribution is -0.0437. The Balaban J connectivity index is 2.31. The largest absolute Gasteiger partial charge is 0.386 e. The molecule has 0 radical (unpaired) electrons. The van der Waals surface area contributed by atoms with Crippen LogP contribution < -0.4 is 10.6 Å². The first kappa shape index (κ1) is 21.1. The Labute approximate surface area is 156 Å². The molecule has 1 aliphatic heterocycles. The molecular formula is C18H24F2N4O3. The van der Waals surface area contributed by atoms with Crippen molar-refractivity contribution in [3.63, 3.8) is 0 Å². The fourth-order valence-corrected chi connectivity index (χ4v) is 2.67. The molecule has 1 saturated heterocycles. The summed E-state index contributed by atoms with van der Waals surface area (Å²) < 4.78 is 37.8. The summed E-state index contributed by atoms with van der Waals surface area (Å²) in [5, 5.41) is 31.1. The molecule has 1 aromatic carbocycles. The normalized spacial score (nSPS) is 17.6. The van der Waals surface area contributed by atoms with Gasteiger partial charge in [-0.2, -0.15) is 4.39 Å². The Kier molecular flexibility index (Phi) is 7.99. The Morgan fingerprint density at radius 3 is 2.70 bits per heavy atom. The highest BCUT2D eigenvalue weighted by Crippen LogP contribution is 2.31. The van der Waals surface area contributed by atoms with Crippen molar-refractivity contribution in [2.45, 2.75) is 19.3 Å². The van der Waals surface area contributed by atoms with E-state index in [2.05, 4.69) is 10.6 Å². The molecule has 1 fully saturated rings. The van der Waals surface area contributed by atoms with E-state index in [9.17, 15) is 13.9 Å². The van der Waals surface area contributed by atoms with Gasteiger partial charge in [-0.1, -0.05) is 6.92 Å². The number of nitrogens with one attached hydrogen (secondary N) is 4. The molecule has 2 rings (SSSR count). The maximum Gasteiger partial charge on any atom is 0.207 e. The van der Waals surface area contributed by atoms with Gasteiger partial charge in [0.25, 0.3) is 0 Å². The monoisotopic (exact) mass is 382 g/mol. The molecule has 7 nitrogen and oxygen atoms in total. The van der Waals surface area contributed by atoms with E-state index >= 15 is 0 Å². The first-order valence-corrected chi connectivity index (χ1v) is 8.61. The third-order valence-electron chi connectivity index (χ3n) is 4.02. The second-order valence-electron chi connectivity index (χ2n) is 5.96. The van der Waals surface area contributed by atoms with Crippen molar-refractivity contribution in [3.05, 3.63) is 41.4 Å². The second-order valence-corrected chi connectivity index (χ2v) is 5.96. The number of aliphatic hydroxyl groups excluding tert-OH is 1. The van der Waals surface area contributed by atoms with E-state index in [-0.39, 0.29) is 5.70 Å². The van der Waals surface area contributed by atoms with Crippen molar-refractivity contribution in [1.82, 2.24) is 5.32 Å². The molecule has 2 atom stereocenters. The third kappa shape index (κ3) is 5.90.